The Balaban J connectivity index is 1.92. The molecule has 4 rings (SSSR count). The summed E-state index contributed by atoms with van der Waals surface area (Å²) in [5.41, 5.74) is 0.873. The summed E-state index contributed by atoms with van der Waals surface area (Å²) in [7, 11) is 0. The molecule has 2 aromatic carbocycles. The minimum Gasteiger partial charge on any atom is -0.507 e. The van der Waals surface area contributed by atoms with Gasteiger partial charge in [0.05, 0.1) is 5.57 Å². The van der Waals surface area contributed by atoms with E-state index < -0.39 is 23.5 Å². The van der Waals surface area contributed by atoms with Gasteiger partial charge in [0, 0.05) is 16.1 Å². The number of hydrogen-bond donors (Lipinski definition) is 1. The molecular weight excluding hydrogens is 365 g/mol. The van der Waals surface area contributed by atoms with Crippen LogP contribution in [0.4, 0.5) is 10.1 Å². The van der Waals surface area contributed by atoms with Gasteiger partial charge < -0.3 is 5.11 Å². The second kappa shape index (κ2) is 6.81. The summed E-state index contributed by atoms with van der Waals surface area (Å²) < 4.78 is 13.3. The van der Waals surface area contributed by atoms with Crippen molar-refractivity contribution in [2.45, 2.75) is 6.04 Å². The molecule has 0 aliphatic carbocycles. The molecule has 1 aliphatic heterocycles. The summed E-state index contributed by atoms with van der Waals surface area (Å²) in [5.74, 6) is -2.18. The number of thiophene rings is 1. The number of nitrogens with zero attached hydrogens (tertiary/aromatic N) is 1. The molecule has 134 valence electrons. The third kappa shape index (κ3) is 2.94. The van der Waals surface area contributed by atoms with Gasteiger partial charge in [-0.1, -0.05) is 36.4 Å². The average molecular weight is 379 g/mol. The highest BCUT2D eigenvalue weighted by Gasteiger charge is 2.47. The Hall–Kier alpha value is -3.25. The molecule has 1 saturated heterocycles. The molecule has 3 aromatic rings. The van der Waals surface area contributed by atoms with Gasteiger partial charge in [-0.3, -0.25) is 14.5 Å². The Bertz CT molecular complexity index is 1030. The predicted molar refractivity (Wildman–Crippen MR) is 102 cm³/mol. The maximum absolute atomic E-state index is 13.3. The Morgan fingerprint density at radius 2 is 1.67 bits per heavy atom. The largest absolute Gasteiger partial charge is 0.507 e. The van der Waals surface area contributed by atoms with Crippen LogP contribution in [0.1, 0.15) is 16.5 Å². The number of halogens is 1. The molecule has 0 radical (unpaired) electrons. The van der Waals surface area contributed by atoms with E-state index in [-0.39, 0.29) is 11.3 Å². The van der Waals surface area contributed by atoms with Crippen LogP contribution < -0.4 is 4.90 Å². The van der Waals surface area contributed by atoms with E-state index in [1.54, 1.807) is 36.4 Å². The molecule has 2 heterocycles. The van der Waals surface area contributed by atoms with E-state index in [0.29, 0.717) is 11.3 Å². The number of amides is 1. The fourth-order valence-corrected chi connectivity index (χ4v) is 3.99. The average Bonchev–Trinajstić information content (AvgIpc) is 3.30. The van der Waals surface area contributed by atoms with Gasteiger partial charge >= 0.3 is 0 Å². The number of rotatable bonds is 3. The number of carbonyl (C=O) groups is 2. The maximum atomic E-state index is 13.3. The van der Waals surface area contributed by atoms with Crippen LogP contribution in [0.5, 0.6) is 0 Å². The van der Waals surface area contributed by atoms with Crippen molar-refractivity contribution in [2.24, 2.45) is 0 Å². The number of aliphatic hydroxyl groups is 1. The zero-order valence-electron chi connectivity index (χ0n) is 14.0. The van der Waals surface area contributed by atoms with E-state index in [0.717, 1.165) is 4.88 Å². The number of anilines is 1. The Labute approximate surface area is 158 Å². The molecule has 0 saturated carbocycles. The lowest BCUT2D eigenvalue weighted by Gasteiger charge is -2.24. The van der Waals surface area contributed by atoms with Gasteiger partial charge in [0.1, 0.15) is 17.6 Å². The number of carbonyl (C=O) groups excluding carboxylic acids is 2. The first kappa shape index (κ1) is 17.2. The third-order valence-electron chi connectivity index (χ3n) is 4.41. The van der Waals surface area contributed by atoms with E-state index >= 15 is 0 Å². The third-order valence-corrected chi connectivity index (χ3v) is 5.33. The highest BCUT2D eigenvalue weighted by molar-refractivity contribution is 7.10. The summed E-state index contributed by atoms with van der Waals surface area (Å²) in [6, 6.07) is 16.8. The predicted octanol–water partition coefficient (Wildman–Crippen LogP) is 4.51. The molecule has 0 bridgehead atoms. The molecule has 1 aromatic heterocycles. The van der Waals surface area contributed by atoms with Gasteiger partial charge in [-0.05, 0) is 35.7 Å². The van der Waals surface area contributed by atoms with Crippen molar-refractivity contribution < 1.29 is 19.1 Å². The van der Waals surface area contributed by atoms with E-state index in [1.807, 2.05) is 11.4 Å². The standard InChI is InChI=1S/C21H14FNO3S/c22-14-8-10-15(11-9-14)23-18(16-7-4-12-27-16)17(20(25)21(23)26)19(24)13-5-2-1-3-6-13/h1-12,18,24H/b19-17-. The van der Waals surface area contributed by atoms with Crippen molar-refractivity contribution in [3.05, 3.63) is 93.9 Å². The summed E-state index contributed by atoms with van der Waals surface area (Å²) in [4.78, 5) is 27.6. The lowest BCUT2D eigenvalue weighted by atomic mass is 10.00. The molecule has 1 amide bonds. The summed E-state index contributed by atoms with van der Waals surface area (Å²) >= 11 is 1.38. The second-order valence-electron chi connectivity index (χ2n) is 6.03. The first-order valence-corrected chi connectivity index (χ1v) is 9.11. The van der Waals surface area contributed by atoms with Crippen LogP contribution in [0.3, 0.4) is 0 Å². The molecule has 1 unspecified atom stereocenters. The monoisotopic (exact) mass is 379 g/mol. The summed E-state index contributed by atoms with van der Waals surface area (Å²) in [6.45, 7) is 0. The minimum absolute atomic E-state index is 0.0259. The van der Waals surface area contributed by atoms with E-state index in [9.17, 15) is 19.1 Å². The number of Topliss-reactive ketones (excluding diaryl/α,β-unsaturated/α-hetero) is 1. The summed E-state index contributed by atoms with van der Waals surface area (Å²) in [6.07, 6.45) is 0. The van der Waals surface area contributed by atoms with E-state index in [2.05, 4.69) is 0 Å². The van der Waals surface area contributed by atoms with Crippen LogP contribution >= 0.6 is 11.3 Å². The van der Waals surface area contributed by atoms with Gasteiger partial charge in [-0.2, -0.15) is 0 Å². The highest BCUT2D eigenvalue weighted by Crippen LogP contribution is 2.43. The van der Waals surface area contributed by atoms with Crippen LogP contribution in [0, 0.1) is 5.82 Å². The molecule has 1 atom stereocenters. The van der Waals surface area contributed by atoms with Gasteiger partial charge in [0.25, 0.3) is 11.7 Å². The lowest BCUT2D eigenvalue weighted by Crippen LogP contribution is -2.29. The van der Waals surface area contributed by atoms with Crippen molar-refractivity contribution in [3.63, 3.8) is 0 Å². The van der Waals surface area contributed by atoms with Crippen LogP contribution in [0.25, 0.3) is 5.76 Å². The Kier molecular flexibility index (Phi) is 4.33. The Morgan fingerprint density at radius 1 is 0.963 bits per heavy atom. The van der Waals surface area contributed by atoms with Gasteiger partial charge in [-0.15, -0.1) is 11.3 Å². The molecule has 1 fully saturated rings. The van der Waals surface area contributed by atoms with Crippen molar-refractivity contribution in [1.29, 1.82) is 0 Å². The molecule has 0 spiro atoms. The SMILES string of the molecule is O=C1C(=O)N(c2ccc(F)cc2)C(c2cccs2)/C1=C(/O)c1ccccc1. The maximum Gasteiger partial charge on any atom is 0.300 e. The van der Waals surface area contributed by atoms with Gasteiger partial charge in [0.15, 0.2) is 0 Å². The van der Waals surface area contributed by atoms with Crippen molar-refractivity contribution >= 4 is 34.5 Å². The van der Waals surface area contributed by atoms with Crippen LogP contribution in [0.2, 0.25) is 0 Å². The van der Waals surface area contributed by atoms with Gasteiger partial charge in [0.2, 0.25) is 0 Å². The quantitative estimate of drug-likeness (QED) is 0.414. The van der Waals surface area contributed by atoms with Crippen molar-refractivity contribution in [1.82, 2.24) is 0 Å². The smallest absolute Gasteiger partial charge is 0.300 e. The van der Waals surface area contributed by atoms with Crippen LogP contribution in [0.15, 0.2) is 77.7 Å². The molecule has 4 nitrogen and oxygen atoms in total. The normalized spacial score (nSPS) is 18.9. The molecule has 1 aliphatic rings. The van der Waals surface area contributed by atoms with Crippen LogP contribution in [-0.2, 0) is 9.59 Å². The first-order chi connectivity index (χ1) is 13.1. The Morgan fingerprint density at radius 3 is 2.30 bits per heavy atom. The van der Waals surface area contributed by atoms with Crippen molar-refractivity contribution in [3.8, 4) is 0 Å². The highest BCUT2D eigenvalue weighted by atomic mass is 32.1. The minimum atomic E-state index is -0.768. The zero-order valence-corrected chi connectivity index (χ0v) is 14.8. The first-order valence-electron chi connectivity index (χ1n) is 8.23. The van der Waals surface area contributed by atoms with Gasteiger partial charge in [-0.25, -0.2) is 4.39 Å². The fraction of sp³-hybridized carbons (Fsp3) is 0.0476. The van der Waals surface area contributed by atoms with E-state index in [1.165, 1.54) is 40.5 Å². The number of ketones is 1. The second-order valence-corrected chi connectivity index (χ2v) is 7.01. The van der Waals surface area contributed by atoms with E-state index in [4.69, 9.17) is 0 Å². The van der Waals surface area contributed by atoms with Crippen LogP contribution in [-0.4, -0.2) is 16.8 Å². The summed E-state index contributed by atoms with van der Waals surface area (Å²) in [5, 5.41) is 12.6. The number of aliphatic hydroxyl groups excluding tert-OH is 1. The fourth-order valence-electron chi connectivity index (χ4n) is 3.17. The molecular formula is C21H14FNO3S. The number of hydrogen-bond acceptors (Lipinski definition) is 4. The molecule has 27 heavy (non-hydrogen) atoms. The molecule has 6 heteroatoms. The number of benzene rings is 2. The lowest BCUT2D eigenvalue weighted by molar-refractivity contribution is -0.132. The topological polar surface area (TPSA) is 57.6 Å². The van der Waals surface area contributed by atoms with Crippen molar-refractivity contribution in [2.75, 3.05) is 4.90 Å². The zero-order chi connectivity index (χ0) is 19.0. The molecule has 1 N–H and O–H groups in total.